The summed E-state index contributed by atoms with van der Waals surface area (Å²) in [5, 5.41) is 0. The van der Waals surface area contributed by atoms with Crippen molar-refractivity contribution in [3.8, 4) is 0 Å². The minimum atomic E-state index is 0.0218. The third kappa shape index (κ3) is 4.77. The maximum absolute atomic E-state index is 13.2. The topological polar surface area (TPSA) is 43.9 Å². The Morgan fingerprint density at radius 1 is 0.839 bits per heavy atom. The van der Waals surface area contributed by atoms with Crippen molar-refractivity contribution in [1.29, 1.82) is 0 Å². The van der Waals surface area contributed by atoms with Crippen LogP contribution in [0.4, 0.5) is 11.4 Å². The molecule has 0 bridgehead atoms. The molecule has 1 atom stereocenters. The average molecular weight is 414 g/mol. The highest BCUT2D eigenvalue weighted by molar-refractivity contribution is 5.94. The van der Waals surface area contributed by atoms with Crippen molar-refractivity contribution in [1.82, 2.24) is 9.80 Å². The molecule has 0 N–H and O–H groups in total. The van der Waals surface area contributed by atoms with Gasteiger partial charge in [0.15, 0.2) is 0 Å². The summed E-state index contributed by atoms with van der Waals surface area (Å²) in [5.74, 6) is 0.0610. The van der Waals surface area contributed by atoms with Crippen molar-refractivity contribution < 1.29 is 9.59 Å². The number of carbonyl (C=O) groups is 2. The second-order valence-corrected chi connectivity index (χ2v) is 7.82. The molecule has 1 saturated heterocycles. The van der Waals surface area contributed by atoms with Crippen LogP contribution in [-0.2, 0) is 4.79 Å². The van der Waals surface area contributed by atoms with E-state index in [1.807, 2.05) is 108 Å². The SMILES string of the molecule is CN(C(=O)CN(c1ccccc1)c1ccccc1)[C@@H]1CCN(C(=O)c2ccccc2)C1. The predicted molar refractivity (Wildman–Crippen MR) is 123 cm³/mol. The first kappa shape index (κ1) is 20.7. The molecule has 0 saturated carbocycles. The molecule has 0 unspecified atom stereocenters. The molecule has 3 aromatic carbocycles. The zero-order chi connectivity index (χ0) is 21.6. The van der Waals surface area contributed by atoms with E-state index in [1.54, 1.807) is 4.90 Å². The number of benzene rings is 3. The van der Waals surface area contributed by atoms with Crippen molar-refractivity contribution in [2.24, 2.45) is 0 Å². The molecular formula is C26H27N3O2. The summed E-state index contributed by atoms with van der Waals surface area (Å²) in [6, 6.07) is 29.2. The first-order valence-electron chi connectivity index (χ1n) is 10.6. The molecule has 5 heteroatoms. The van der Waals surface area contributed by atoms with E-state index in [9.17, 15) is 9.59 Å². The summed E-state index contributed by atoms with van der Waals surface area (Å²) < 4.78 is 0. The highest BCUT2D eigenvalue weighted by Crippen LogP contribution is 2.25. The van der Waals surface area contributed by atoms with Gasteiger partial charge in [-0.05, 0) is 42.8 Å². The van der Waals surface area contributed by atoms with Crippen molar-refractivity contribution in [3.63, 3.8) is 0 Å². The number of para-hydroxylation sites is 2. The van der Waals surface area contributed by atoms with Crippen LogP contribution in [-0.4, -0.2) is 54.3 Å². The Hall–Kier alpha value is -3.60. The largest absolute Gasteiger partial charge is 0.339 e. The Morgan fingerprint density at radius 2 is 1.35 bits per heavy atom. The summed E-state index contributed by atoms with van der Waals surface area (Å²) in [4.78, 5) is 31.6. The molecule has 1 fully saturated rings. The fraction of sp³-hybridized carbons (Fsp3) is 0.231. The molecule has 31 heavy (non-hydrogen) atoms. The van der Waals surface area contributed by atoms with Crippen LogP contribution in [0.25, 0.3) is 0 Å². The summed E-state index contributed by atoms with van der Waals surface area (Å²) in [6.45, 7) is 1.47. The summed E-state index contributed by atoms with van der Waals surface area (Å²) in [5.41, 5.74) is 2.64. The second kappa shape index (κ2) is 9.47. The van der Waals surface area contributed by atoms with E-state index >= 15 is 0 Å². The quantitative estimate of drug-likeness (QED) is 0.608. The minimum Gasteiger partial charge on any atom is -0.339 e. The van der Waals surface area contributed by atoms with Crippen molar-refractivity contribution in [2.45, 2.75) is 12.5 Å². The Balaban J connectivity index is 1.44. The molecule has 2 amide bonds. The van der Waals surface area contributed by atoms with E-state index in [0.717, 1.165) is 17.8 Å². The lowest BCUT2D eigenvalue weighted by Gasteiger charge is -2.30. The van der Waals surface area contributed by atoms with Gasteiger partial charge in [-0.1, -0.05) is 54.6 Å². The first-order chi connectivity index (χ1) is 15.1. The minimum absolute atomic E-state index is 0.0218. The van der Waals surface area contributed by atoms with Crippen LogP contribution in [0.1, 0.15) is 16.8 Å². The molecule has 3 aromatic rings. The number of hydrogen-bond donors (Lipinski definition) is 0. The summed E-state index contributed by atoms with van der Waals surface area (Å²) in [7, 11) is 1.84. The molecule has 158 valence electrons. The third-order valence-corrected chi connectivity index (χ3v) is 5.84. The highest BCUT2D eigenvalue weighted by atomic mass is 16.2. The highest BCUT2D eigenvalue weighted by Gasteiger charge is 2.32. The van der Waals surface area contributed by atoms with E-state index < -0.39 is 0 Å². The van der Waals surface area contributed by atoms with Crippen LogP contribution in [0.15, 0.2) is 91.0 Å². The van der Waals surface area contributed by atoms with Gasteiger partial charge in [-0.2, -0.15) is 0 Å². The van der Waals surface area contributed by atoms with E-state index in [1.165, 1.54) is 0 Å². The standard InChI is InChI=1S/C26H27N3O2/c1-27(24-17-18-28(19-24)26(31)21-11-5-2-6-12-21)25(30)20-29(22-13-7-3-8-14-22)23-15-9-4-10-16-23/h2-16,24H,17-20H2,1H3/t24-/m1/s1. The fourth-order valence-corrected chi connectivity index (χ4v) is 4.00. The third-order valence-electron chi connectivity index (χ3n) is 5.84. The Labute approximate surface area is 183 Å². The molecule has 4 rings (SSSR count). The van der Waals surface area contributed by atoms with Crippen molar-refractivity contribution in [2.75, 3.05) is 31.6 Å². The Bertz CT molecular complexity index is 969. The van der Waals surface area contributed by atoms with E-state index in [2.05, 4.69) is 0 Å². The van der Waals surface area contributed by atoms with Crippen molar-refractivity contribution >= 4 is 23.2 Å². The molecule has 1 aliphatic heterocycles. The Morgan fingerprint density at radius 3 is 1.90 bits per heavy atom. The molecule has 0 spiro atoms. The molecule has 5 nitrogen and oxygen atoms in total. The lowest BCUT2D eigenvalue weighted by atomic mass is 10.2. The van der Waals surface area contributed by atoms with Crippen LogP contribution in [0.3, 0.4) is 0 Å². The van der Waals surface area contributed by atoms with Gasteiger partial charge in [-0.15, -0.1) is 0 Å². The number of carbonyl (C=O) groups excluding carboxylic acids is 2. The monoisotopic (exact) mass is 413 g/mol. The molecule has 0 radical (unpaired) electrons. The lowest BCUT2D eigenvalue weighted by Crippen LogP contribution is -2.44. The smallest absolute Gasteiger partial charge is 0.253 e. The number of likely N-dealkylation sites (tertiary alicyclic amines) is 1. The number of likely N-dealkylation sites (N-methyl/N-ethyl adjacent to an activating group) is 1. The van der Waals surface area contributed by atoms with Gasteiger partial charge in [0.25, 0.3) is 5.91 Å². The molecule has 0 aliphatic carbocycles. The van der Waals surface area contributed by atoms with Gasteiger partial charge in [-0.25, -0.2) is 0 Å². The van der Waals surface area contributed by atoms with E-state index in [0.29, 0.717) is 18.7 Å². The van der Waals surface area contributed by atoms with Gasteiger partial charge in [0.05, 0.1) is 6.04 Å². The number of nitrogens with zero attached hydrogens (tertiary/aromatic N) is 3. The maximum atomic E-state index is 13.2. The van der Waals surface area contributed by atoms with Gasteiger partial charge in [0, 0.05) is 37.1 Å². The lowest BCUT2D eigenvalue weighted by molar-refractivity contribution is -0.130. The van der Waals surface area contributed by atoms with Gasteiger partial charge < -0.3 is 14.7 Å². The molecule has 0 aromatic heterocycles. The predicted octanol–water partition coefficient (Wildman–Crippen LogP) is 4.20. The Kier molecular flexibility index (Phi) is 6.32. The maximum Gasteiger partial charge on any atom is 0.253 e. The normalized spacial score (nSPS) is 15.5. The summed E-state index contributed by atoms with van der Waals surface area (Å²) in [6.07, 6.45) is 0.789. The van der Waals surface area contributed by atoms with Gasteiger partial charge >= 0.3 is 0 Å². The zero-order valence-corrected chi connectivity index (χ0v) is 17.7. The van der Waals surface area contributed by atoms with Crippen LogP contribution >= 0.6 is 0 Å². The molecular weight excluding hydrogens is 386 g/mol. The van der Waals surface area contributed by atoms with Crippen LogP contribution in [0, 0.1) is 0 Å². The zero-order valence-electron chi connectivity index (χ0n) is 17.7. The van der Waals surface area contributed by atoms with E-state index in [-0.39, 0.29) is 24.4 Å². The number of anilines is 2. The van der Waals surface area contributed by atoms with Crippen LogP contribution in [0.5, 0.6) is 0 Å². The van der Waals surface area contributed by atoms with Crippen molar-refractivity contribution in [3.05, 3.63) is 96.6 Å². The molecule has 1 aliphatic rings. The fourth-order valence-electron chi connectivity index (χ4n) is 4.00. The second-order valence-electron chi connectivity index (χ2n) is 7.82. The van der Waals surface area contributed by atoms with E-state index in [4.69, 9.17) is 0 Å². The first-order valence-corrected chi connectivity index (χ1v) is 10.6. The van der Waals surface area contributed by atoms with Crippen LogP contribution in [0.2, 0.25) is 0 Å². The van der Waals surface area contributed by atoms with Gasteiger partial charge in [-0.3, -0.25) is 9.59 Å². The average Bonchev–Trinajstić information content (AvgIpc) is 3.33. The van der Waals surface area contributed by atoms with Gasteiger partial charge in [0.2, 0.25) is 5.91 Å². The number of rotatable bonds is 6. The number of hydrogen-bond acceptors (Lipinski definition) is 3. The summed E-state index contributed by atoms with van der Waals surface area (Å²) >= 11 is 0. The van der Waals surface area contributed by atoms with Crippen LogP contribution < -0.4 is 4.90 Å². The molecule has 1 heterocycles. The van der Waals surface area contributed by atoms with Gasteiger partial charge in [0.1, 0.15) is 6.54 Å². The number of amides is 2.